The molecule has 1 unspecified atom stereocenters. The summed E-state index contributed by atoms with van der Waals surface area (Å²) in [7, 11) is -6.66. The van der Waals surface area contributed by atoms with Gasteiger partial charge in [0.2, 0.25) is 0 Å². The van der Waals surface area contributed by atoms with Crippen molar-refractivity contribution in [1.29, 1.82) is 0 Å². The SMILES string of the molecule is O=S(=O)(O)C(F)(F)C(F)(F)C(F)CCC(F)(F)F.c1ccncc1. The predicted octanol–water partition coefficient (Wildman–Crippen LogP) is 3.86. The van der Waals surface area contributed by atoms with Crippen LogP contribution in [0.4, 0.5) is 35.1 Å². The van der Waals surface area contributed by atoms with Gasteiger partial charge < -0.3 is 0 Å². The van der Waals surface area contributed by atoms with Gasteiger partial charge in [0.15, 0.2) is 6.17 Å². The summed E-state index contributed by atoms with van der Waals surface area (Å²) in [6.45, 7) is 0. The van der Waals surface area contributed by atoms with E-state index in [1.54, 1.807) is 12.4 Å². The summed E-state index contributed by atoms with van der Waals surface area (Å²) in [5.41, 5.74) is 0. The standard InChI is InChI=1S/C6H6F8O3S.C5H5N/c7-3(1-2-4(8,9)10)5(11,12)6(13,14)18(15,16)17;1-2-4-6-5-3-1/h3H,1-2H2,(H,15,16,17);1-5H. The number of nitrogens with zero attached hydrogens (tertiary/aromatic N) is 1. The minimum absolute atomic E-state index is 1.75. The zero-order chi connectivity index (χ0) is 19.2. The molecule has 0 amide bonds. The van der Waals surface area contributed by atoms with Crippen LogP contribution in [-0.2, 0) is 10.1 Å². The lowest BCUT2D eigenvalue weighted by Crippen LogP contribution is -2.52. The van der Waals surface area contributed by atoms with Gasteiger partial charge in [0.05, 0.1) is 0 Å². The zero-order valence-electron chi connectivity index (χ0n) is 11.5. The van der Waals surface area contributed by atoms with E-state index in [0.717, 1.165) is 0 Å². The third-order valence-electron chi connectivity index (χ3n) is 2.35. The number of rotatable bonds is 5. The molecule has 0 aliphatic carbocycles. The van der Waals surface area contributed by atoms with Gasteiger partial charge in [-0.3, -0.25) is 9.54 Å². The van der Waals surface area contributed by atoms with Gasteiger partial charge in [-0.1, -0.05) is 6.07 Å². The average Bonchev–Trinajstić information content (AvgIpc) is 2.45. The smallest absolute Gasteiger partial charge is 0.281 e. The molecule has 0 radical (unpaired) electrons. The van der Waals surface area contributed by atoms with Crippen molar-refractivity contribution in [3.05, 3.63) is 30.6 Å². The monoisotopic (exact) mass is 389 g/mol. The van der Waals surface area contributed by atoms with Crippen LogP contribution in [0, 0.1) is 0 Å². The fourth-order valence-corrected chi connectivity index (χ4v) is 1.61. The molecule has 4 nitrogen and oxygen atoms in total. The molecular weight excluding hydrogens is 378 g/mol. The summed E-state index contributed by atoms with van der Waals surface area (Å²) in [5.74, 6) is -5.98. The Morgan fingerprint density at radius 2 is 1.42 bits per heavy atom. The van der Waals surface area contributed by atoms with E-state index in [2.05, 4.69) is 4.98 Å². The lowest BCUT2D eigenvalue weighted by molar-refractivity contribution is -0.206. The molecule has 0 fully saturated rings. The quantitative estimate of drug-likeness (QED) is 0.614. The minimum Gasteiger partial charge on any atom is -0.281 e. The van der Waals surface area contributed by atoms with E-state index >= 15 is 0 Å². The number of halogens is 8. The van der Waals surface area contributed by atoms with E-state index < -0.39 is 46.5 Å². The molecule has 140 valence electrons. The van der Waals surface area contributed by atoms with Crippen molar-refractivity contribution in [3.8, 4) is 0 Å². The molecule has 1 aromatic rings. The molecule has 1 heterocycles. The highest BCUT2D eigenvalue weighted by atomic mass is 32.2. The van der Waals surface area contributed by atoms with Crippen molar-refractivity contribution in [2.75, 3.05) is 0 Å². The first-order chi connectivity index (χ1) is 10.6. The average molecular weight is 389 g/mol. The van der Waals surface area contributed by atoms with Crippen molar-refractivity contribution < 1.29 is 48.1 Å². The largest absolute Gasteiger partial charge is 0.434 e. The summed E-state index contributed by atoms with van der Waals surface area (Å²) >= 11 is 0. The van der Waals surface area contributed by atoms with E-state index in [9.17, 15) is 43.5 Å². The topological polar surface area (TPSA) is 67.3 Å². The highest BCUT2D eigenvalue weighted by molar-refractivity contribution is 7.87. The fraction of sp³-hybridized carbons (Fsp3) is 0.545. The molecule has 0 aromatic carbocycles. The molecule has 1 aromatic heterocycles. The molecule has 0 saturated carbocycles. The van der Waals surface area contributed by atoms with Gasteiger partial charge in [0.1, 0.15) is 0 Å². The Morgan fingerprint density at radius 3 is 1.67 bits per heavy atom. The number of pyridine rings is 1. The summed E-state index contributed by atoms with van der Waals surface area (Å²) in [6, 6.07) is 5.72. The van der Waals surface area contributed by atoms with Crippen molar-refractivity contribution in [2.24, 2.45) is 0 Å². The molecule has 13 heteroatoms. The van der Waals surface area contributed by atoms with E-state index in [0.29, 0.717) is 0 Å². The lowest BCUT2D eigenvalue weighted by atomic mass is 10.1. The second-order valence-electron chi connectivity index (χ2n) is 4.26. The van der Waals surface area contributed by atoms with Gasteiger partial charge in [-0.2, -0.15) is 39.2 Å². The Morgan fingerprint density at radius 1 is 0.958 bits per heavy atom. The van der Waals surface area contributed by atoms with Gasteiger partial charge in [-0.25, -0.2) is 4.39 Å². The number of hydrogen-bond donors (Lipinski definition) is 1. The zero-order valence-corrected chi connectivity index (χ0v) is 12.3. The van der Waals surface area contributed by atoms with Gasteiger partial charge in [0.25, 0.3) is 0 Å². The Bertz CT molecular complexity index is 564. The van der Waals surface area contributed by atoms with Crippen LogP contribution in [0.1, 0.15) is 12.8 Å². The van der Waals surface area contributed by atoms with Gasteiger partial charge in [-0.05, 0) is 18.6 Å². The first-order valence-corrected chi connectivity index (χ1v) is 7.35. The molecule has 0 aliphatic heterocycles. The number of alkyl halides is 8. The highest BCUT2D eigenvalue weighted by Crippen LogP contribution is 2.43. The van der Waals surface area contributed by atoms with E-state index in [1.165, 1.54) is 0 Å². The molecule has 0 aliphatic rings. The number of hydrogen-bond acceptors (Lipinski definition) is 3. The Balaban J connectivity index is 0.000000728. The summed E-state index contributed by atoms with van der Waals surface area (Å²) in [6.07, 6.45) is -9.88. The fourth-order valence-electron chi connectivity index (χ4n) is 1.14. The third kappa shape index (κ3) is 6.55. The van der Waals surface area contributed by atoms with Crippen molar-refractivity contribution in [3.63, 3.8) is 0 Å². The first-order valence-electron chi connectivity index (χ1n) is 5.91. The molecule has 0 spiro atoms. The van der Waals surface area contributed by atoms with Crippen LogP contribution in [0.2, 0.25) is 0 Å². The van der Waals surface area contributed by atoms with Crippen LogP contribution < -0.4 is 0 Å². The maximum absolute atomic E-state index is 12.6. The van der Waals surface area contributed by atoms with Crippen LogP contribution in [0.15, 0.2) is 30.6 Å². The van der Waals surface area contributed by atoms with E-state index in [-0.39, 0.29) is 0 Å². The van der Waals surface area contributed by atoms with Crippen LogP contribution in [0.25, 0.3) is 0 Å². The maximum Gasteiger partial charge on any atom is 0.434 e. The van der Waals surface area contributed by atoms with Crippen molar-refractivity contribution in [2.45, 2.75) is 36.4 Å². The predicted molar refractivity (Wildman–Crippen MR) is 65.9 cm³/mol. The van der Waals surface area contributed by atoms with Crippen LogP contribution in [-0.4, -0.2) is 41.5 Å². The van der Waals surface area contributed by atoms with Gasteiger partial charge in [0, 0.05) is 18.8 Å². The lowest BCUT2D eigenvalue weighted by Gasteiger charge is -2.26. The summed E-state index contributed by atoms with van der Waals surface area (Å²) in [4.78, 5) is 3.78. The first kappa shape index (κ1) is 22.5. The summed E-state index contributed by atoms with van der Waals surface area (Å²) in [5, 5.41) is -6.22. The maximum atomic E-state index is 12.6. The minimum atomic E-state index is -6.66. The van der Waals surface area contributed by atoms with E-state index in [1.807, 2.05) is 18.2 Å². The Labute approximate surface area is 131 Å². The van der Waals surface area contributed by atoms with Gasteiger partial charge in [-0.15, -0.1) is 0 Å². The second-order valence-corrected chi connectivity index (χ2v) is 5.72. The molecule has 0 bridgehead atoms. The van der Waals surface area contributed by atoms with Crippen molar-refractivity contribution in [1.82, 2.24) is 4.98 Å². The van der Waals surface area contributed by atoms with Gasteiger partial charge >= 0.3 is 27.5 Å². The van der Waals surface area contributed by atoms with Crippen LogP contribution in [0.3, 0.4) is 0 Å². The molecule has 24 heavy (non-hydrogen) atoms. The van der Waals surface area contributed by atoms with E-state index in [4.69, 9.17) is 4.55 Å². The molecule has 0 saturated heterocycles. The second kappa shape index (κ2) is 8.05. The Kier molecular flexibility index (Phi) is 7.55. The third-order valence-corrected chi connectivity index (χ3v) is 3.27. The summed E-state index contributed by atoms with van der Waals surface area (Å²) < 4.78 is 125. The molecular formula is C11H11F8NO3S. The highest BCUT2D eigenvalue weighted by Gasteiger charge is 2.69. The molecule has 1 N–H and O–H groups in total. The Hall–Kier alpha value is -1.50. The van der Waals surface area contributed by atoms with Crippen LogP contribution >= 0.6 is 0 Å². The molecule has 1 rings (SSSR count). The van der Waals surface area contributed by atoms with Crippen molar-refractivity contribution >= 4 is 10.1 Å². The number of aromatic nitrogens is 1. The normalized spacial score (nSPS) is 14.5. The molecule has 1 atom stereocenters. The van der Waals surface area contributed by atoms with Crippen LogP contribution in [0.5, 0.6) is 0 Å².